The molecular weight excluding hydrogens is 390 g/mol. The predicted octanol–water partition coefficient (Wildman–Crippen LogP) is 4.28. The van der Waals surface area contributed by atoms with Crippen LogP contribution in [0.25, 0.3) is 10.9 Å². The highest BCUT2D eigenvalue weighted by atomic mass is 16.5. The fourth-order valence-electron chi connectivity index (χ4n) is 3.86. The van der Waals surface area contributed by atoms with E-state index >= 15 is 0 Å². The number of carbonyl (C=O) groups excluding carboxylic acids is 1. The molecule has 0 aliphatic carbocycles. The van der Waals surface area contributed by atoms with E-state index < -0.39 is 0 Å². The molecule has 1 amide bonds. The van der Waals surface area contributed by atoms with E-state index in [0.717, 1.165) is 40.8 Å². The molecule has 0 spiro atoms. The molecule has 2 heterocycles. The van der Waals surface area contributed by atoms with Gasteiger partial charge in [0.25, 0.3) is 5.91 Å². The van der Waals surface area contributed by atoms with Gasteiger partial charge in [-0.05, 0) is 61.6 Å². The number of aromatic nitrogens is 1. The molecular formula is C25H29N3O3. The molecule has 0 saturated carbocycles. The monoisotopic (exact) mass is 419 g/mol. The Morgan fingerprint density at radius 3 is 2.90 bits per heavy atom. The van der Waals surface area contributed by atoms with Gasteiger partial charge in [0.1, 0.15) is 18.1 Å². The minimum absolute atomic E-state index is 0.131. The number of carbonyl (C=O) groups is 1. The Balaban J connectivity index is 1.49. The number of amides is 1. The molecule has 0 radical (unpaired) electrons. The Morgan fingerprint density at radius 2 is 2.10 bits per heavy atom. The Labute approximate surface area is 182 Å². The van der Waals surface area contributed by atoms with Gasteiger partial charge in [-0.2, -0.15) is 0 Å². The number of nitrogens with two attached hydrogens (primary N) is 1. The van der Waals surface area contributed by atoms with Crippen molar-refractivity contribution in [1.82, 2.24) is 10.3 Å². The molecule has 1 unspecified atom stereocenters. The topological polar surface area (TPSA) is 86.5 Å². The number of nitrogens with zero attached hydrogens (tertiary/aromatic N) is 1. The van der Waals surface area contributed by atoms with Crippen molar-refractivity contribution in [2.24, 2.45) is 5.92 Å². The maximum Gasteiger partial charge on any atom is 0.251 e. The second-order valence-electron chi connectivity index (χ2n) is 8.41. The van der Waals surface area contributed by atoms with E-state index in [-0.39, 0.29) is 17.9 Å². The summed E-state index contributed by atoms with van der Waals surface area (Å²) in [6.07, 6.45) is 2.00. The molecule has 3 aromatic rings. The van der Waals surface area contributed by atoms with Crippen molar-refractivity contribution in [3.63, 3.8) is 0 Å². The lowest BCUT2D eigenvalue weighted by atomic mass is 10.0. The van der Waals surface area contributed by atoms with Gasteiger partial charge in [0.15, 0.2) is 0 Å². The van der Waals surface area contributed by atoms with Crippen molar-refractivity contribution in [2.45, 2.75) is 39.7 Å². The number of fused-ring (bicyclic) bond motifs is 2. The highest BCUT2D eigenvalue weighted by molar-refractivity contribution is 5.96. The lowest BCUT2D eigenvalue weighted by molar-refractivity contribution is 0.0904. The van der Waals surface area contributed by atoms with Gasteiger partial charge in [-0.3, -0.25) is 9.78 Å². The summed E-state index contributed by atoms with van der Waals surface area (Å²) in [6.45, 7) is 7.07. The Bertz CT molecular complexity index is 1110. The van der Waals surface area contributed by atoms with Crippen LogP contribution in [-0.4, -0.2) is 30.1 Å². The average molecular weight is 420 g/mol. The van der Waals surface area contributed by atoms with Gasteiger partial charge in [-0.15, -0.1) is 0 Å². The van der Waals surface area contributed by atoms with Crippen LogP contribution < -0.4 is 20.5 Å². The molecule has 1 aromatic heterocycles. The van der Waals surface area contributed by atoms with Gasteiger partial charge in [0, 0.05) is 16.9 Å². The van der Waals surface area contributed by atoms with Crippen LogP contribution >= 0.6 is 0 Å². The lowest BCUT2D eigenvalue weighted by Gasteiger charge is -2.24. The third-order valence-electron chi connectivity index (χ3n) is 5.67. The third kappa shape index (κ3) is 4.58. The van der Waals surface area contributed by atoms with Crippen molar-refractivity contribution in [2.75, 3.05) is 18.9 Å². The van der Waals surface area contributed by atoms with Gasteiger partial charge in [0.2, 0.25) is 0 Å². The van der Waals surface area contributed by atoms with Crippen LogP contribution in [0.4, 0.5) is 5.69 Å². The molecule has 162 valence electrons. The number of anilines is 1. The highest BCUT2D eigenvalue weighted by Gasteiger charge is 2.20. The summed E-state index contributed by atoms with van der Waals surface area (Å²) in [4.78, 5) is 17.4. The molecule has 1 aliphatic heterocycles. The fourth-order valence-corrected chi connectivity index (χ4v) is 3.86. The SMILES string of the molecule is Cc1cc(N)c2c(OCC(NC(=O)c3ccc4c(c3)OCCC4)C(C)C)cccc2n1. The number of nitrogens with one attached hydrogen (secondary N) is 1. The van der Waals surface area contributed by atoms with Crippen molar-refractivity contribution in [1.29, 1.82) is 0 Å². The van der Waals surface area contributed by atoms with Crippen LogP contribution in [0, 0.1) is 12.8 Å². The highest BCUT2D eigenvalue weighted by Crippen LogP contribution is 2.30. The van der Waals surface area contributed by atoms with Gasteiger partial charge < -0.3 is 20.5 Å². The van der Waals surface area contributed by atoms with Crippen LogP contribution in [0.1, 0.15) is 41.9 Å². The first kappa shape index (κ1) is 21.0. The molecule has 4 rings (SSSR count). The zero-order chi connectivity index (χ0) is 22.0. The van der Waals surface area contributed by atoms with Crippen LogP contribution in [0.5, 0.6) is 11.5 Å². The number of hydrogen-bond acceptors (Lipinski definition) is 5. The first-order chi connectivity index (χ1) is 14.9. The molecule has 6 nitrogen and oxygen atoms in total. The van der Waals surface area contributed by atoms with Crippen molar-refractivity contribution in [3.8, 4) is 11.5 Å². The number of nitrogen functional groups attached to an aromatic ring is 1. The smallest absolute Gasteiger partial charge is 0.251 e. The maximum atomic E-state index is 12.9. The van der Waals surface area contributed by atoms with Crippen LogP contribution in [0.3, 0.4) is 0 Å². The van der Waals surface area contributed by atoms with Crippen molar-refractivity contribution >= 4 is 22.5 Å². The number of hydrogen-bond donors (Lipinski definition) is 2. The Morgan fingerprint density at radius 1 is 1.26 bits per heavy atom. The standard InChI is InChI=1S/C25H29N3O3/c1-15(2)21(28-25(29)18-10-9-17-6-5-11-30-23(17)13-18)14-31-22-8-4-7-20-24(22)19(26)12-16(3)27-20/h4,7-10,12-13,15,21H,5-6,11,14H2,1-3H3,(H2,26,27)(H,28,29). The Kier molecular flexibility index (Phi) is 5.98. The molecule has 0 fully saturated rings. The summed E-state index contributed by atoms with van der Waals surface area (Å²) in [5.74, 6) is 1.54. The average Bonchev–Trinajstić information content (AvgIpc) is 2.75. The quantitative estimate of drug-likeness (QED) is 0.623. The summed E-state index contributed by atoms with van der Waals surface area (Å²) < 4.78 is 11.8. The maximum absolute atomic E-state index is 12.9. The van der Waals surface area contributed by atoms with Gasteiger partial charge >= 0.3 is 0 Å². The summed E-state index contributed by atoms with van der Waals surface area (Å²) in [5.41, 5.74) is 10.3. The van der Waals surface area contributed by atoms with Gasteiger partial charge in [-0.25, -0.2) is 0 Å². The van der Waals surface area contributed by atoms with Crippen LogP contribution in [0.2, 0.25) is 0 Å². The van der Waals surface area contributed by atoms with Crippen LogP contribution in [0.15, 0.2) is 42.5 Å². The first-order valence-corrected chi connectivity index (χ1v) is 10.8. The number of rotatable bonds is 6. The van der Waals surface area contributed by atoms with Gasteiger partial charge in [0.05, 0.1) is 23.6 Å². The zero-order valence-corrected chi connectivity index (χ0v) is 18.3. The number of aryl methyl sites for hydroxylation is 2. The molecule has 6 heteroatoms. The second-order valence-corrected chi connectivity index (χ2v) is 8.41. The minimum Gasteiger partial charge on any atom is -0.493 e. The van der Waals surface area contributed by atoms with E-state index in [1.165, 1.54) is 0 Å². The molecule has 0 saturated heterocycles. The van der Waals surface area contributed by atoms with E-state index in [9.17, 15) is 4.79 Å². The van der Waals surface area contributed by atoms with Crippen molar-refractivity contribution in [3.05, 3.63) is 59.3 Å². The number of pyridine rings is 1. The third-order valence-corrected chi connectivity index (χ3v) is 5.67. The predicted molar refractivity (Wildman–Crippen MR) is 123 cm³/mol. The van der Waals surface area contributed by atoms with Crippen LogP contribution in [-0.2, 0) is 6.42 Å². The first-order valence-electron chi connectivity index (χ1n) is 10.8. The number of ether oxygens (including phenoxy) is 2. The molecule has 1 atom stereocenters. The van der Waals surface area contributed by atoms with E-state index in [2.05, 4.69) is 24.1 Å². The van der Waals surface area contributed by atoms with Crippen molar-refractivity contribution < 1.29 is 14.3 Å². The summed E-state index contributed by atoms with van der Waals surface area (Å²) in [7, 11) is 0. The summed E-state index contributed by atoms with van der Waals surface area (Å²) in [5, 5.41) is 3.92. The fraction of sp³-hybridized carbons (Fsp3) is 0.360. The zero-order valence-electron chi connectivity index (χ0n) is 18.3. The lowest BCUT2D eigenvalue weighted by Crippen LogP contribution is -2.42. The molecule has 0 bridgehead atoms. The van der Waals surface area contributed by atoms with E-state index in [4.69, 9.17) is 15.2 Å². The minimum atomic E-state index is -0.167. The molecule has 3 N–H and O–H groups in total. The summed E-state index contributed by atoms with van der Waals surface area (Å²) >= 11 is 0. The van der Waals surface area contributed by atoms with E-state index in [0.29, 0.717) is 30.2 Å². The molecule has 2 aromatic carbocycles. The second kappa shape index (κ2) is 8.84. The van der Waals surface area contributed by atoms with E-state index in [1.54, 1.807) is 0 Å². The normalized spacial score (nSPS) is 14.1. The largest absolute Gasteiger partial charge is 0.493 e. The Hall–Kier alpha value is -3.28. The summed E-state index contributed by atoms with van der Waals surface area (Å²) in [6, 6.07) is 13.1. The molecule has 1 aliphatic rings. The van der Waals surface area contributed by atoms with Gasteiger partial charge in [-0.1, -0.05) is 26.0 Å². The molecule has 31 heavy (non-hydrogen) atoms. The number of benzene rings is 2. The van der Waals surface area contributed by atoms with E-state index in [1.807, 2.05) is 49.4 Å².